The van der Waals surface area contributed by atoms with Crippen LogP contribution in [0.25, 0.3) is 10.9 Å². The Morgan fingerprint density at radius 1 is 1.38 bits per heavy atom. The number of para-hydroxylation sites is 1. The van der Waals surface area contributed by atoms with Crippen LogP contribution in [-0.2, 0) is 7.05 Å². The molecule has 13 heavy (non-hydrogen) atoms. The largest absolute Gasteiger partial charge is 0.290 e. The third kappa shape index (κ3) is 1.27. The highest BCUT2D eigenvalue weighted by molar-refractivity contribution is 9.10. The fourth-order valence-corrected chi connectivity index (χ4v) is 1.54. The first-order valence-electron chi connectivity index (χ1n) is 3.81. The van der Waals surface area contributed by atoms with Crippen molar-refractivity contribution in [3.63, 3.8) is 0 Å². The Balaban J connectivity index is 3.03. The Morgan fingerprint density at radius 2 is 2.08 bits per heavy atom. The van der Waals surface area contributed by atoms with E-state index in [-0.39, 0.29) is 5.56 Å². The first-order valence-corrected chi connectivity index (χ1v) is 4.61. The minimum atomic E-state index is -0.0301. The van der Waals surface area contributed by atoms with Gasteiger partial charge in [-0.05, 0) is 28.1 Å². The van der Waals surface area contributed by atoms with E-state index in [0.717, 1.165) is 5.52 Å². The summed E-state index contributed by atoms with van der Waals surface area (Å²) in [6.07, 6.45) is 0. The Hall–Kier alpha value is -1.16. The Bertz CT molecular complexity index is 518. The molecule has 0 aliphatic heterocycles. The van der Waals surface area contributed by atoms with Gasteiger partial charge in [0.1, 0.15) is 0 Å². The summed E-state index contributed by atoms with van der Waals surface area (Å²) in [5.41, 5.74) is 0.690. The van der Waals surface area contributed by atoms with Crippen LogP contribution in [0.4, 0.5) is 0 Å². The second kappa shape index (κ2) is 2.96. The van der Waals surface area contributed by atoms with Gasteiger partial charge in [0, 0.05) is 7.05 Å². The molecular weight excluding hydrogens is 232 g/mol. The zero-order chi connectivity index (χ0) is 9.42. The lowest BCUT2D eigenvalue weighted by Gasteiger charge is -2.02. The number of benzene rings is 1. The summed E-state index contributed by atoms with van der Waals surface area (Å²) in [4.78, 5) is 15.9. The summed E-state index contributed by atoms with van der Waals surface area (Å²) < 4.78 is 2.03. The van der Waals surface area contributed by atoms with Crippen LogP contribution < -0.4 is 5.56 Å². The summed E-state index contributed by atoms with van der Waals surface area (Å²) in [7, 11) is 1.69. The van der Waals surface area contributed by atoms with E-state index in [1.165, 1.54) is 4.57 Å². The van der Waals surface area contributed by atoms with Gasteiger partial charge in [-0.3, -0.25) is 9.36 Å². The topological polar surface area (TPSA) is 34.9 Å². The molecule has 0 saturated carbocycles. The van der Waals surface area contributed by atoms with E-state index in [4.69, 9.17) is 0 Å². The second-order valence-electron chi connectivity index (χ2n) is 2.76. The van der Waals surface area contributed by atoms with Crippen LogP contribution in [0.2, 0.25) is 0 Å². The third-order valence-electron chi connectivity index (χ3n) is 1.93. The van der Waals surface area contributed by atoms with Gasteiger partial charge in [-0.25, -0.2) is 4.98 Å². The van der Waals surface area contributed by atoms with E-state index in [9.17, 15) is 4.79 Å². The van der Waals surface area contributed by atoms with Crippen molar-refractivity contribution in [1.29, 1.82) is 0 Å². The molecule has 2 aromatic rings. The molecule has 0 amide bonds. The van der Waals surface area contributed by atoms with E-state index in [1.807, 2.05) is 18.2 Å². The first-order chi connectivity index (χ1) is 6.20. The monoisotopic (exact) mass is 238 g/mol. The molecular formula is C9H7BrN2O. The maximum absolute atomic E-state index is 11.6. The van der Waals surface area contributed by atoms with Gasteiger partial charge in [0.25, 0.3) is 5.56 Å². The predicted octanol–water partition coefficient (Wildman–Crippen LogP) is 1.70. The third-order valence-corrected chi connectivity index (χ3v) is 2.64. The van der Waals surface area contributed by atoms with Gasteiger partial charge in [-0.1, -0.05) is 12.1 Å². The van der Waals surface area contributed by atoms with Crippen molar-refractivity contribution in [2.24, 2.45) is 7.05 Å². The summed E-state index contributed by atoms with van der Waals surface area (Å²) in [5, 5.41) is 0.646. The second-order valence-corrected chi connectivity index (χ2v) is 3.47. The van der Waals surface area contributed by atoms with E-state index in [1.54, 1.807) is 13.1 Å². The number of aromatic nitrogens is 2. The number of rotatable bonds is 0. The van der Waals surface area contributed by atoms with Crippen molar-refractivity contribution < 1.29 is 0 Å². The smallest absolute Gasteiger partial charge is 0.261 e. The van der Waals surface area contributed by atoms with Gasteiger partial charge >= 0.3 is 0 Å². The highest BCUT2D eigenvalue weighted by atomic mass is 79.9. The maximum atomic E-state index is 11.6. The fourth-order valence-electron chi connectivity index (χ4n) is 1.19. The molecule has 0 aliphatic carbocycles. The van der Waals surface area contributed by atoms with Gasteiger partial charge in [0.2, 0.25) is 0 Å². The molecule has 0 unspecified atom stereocenters. The summed E-state index contributed by atoms with van der Waals surface area (Å²) in [6, 6.07) is 7.29. The lowest BCUT2D eigenvalue weighted by Crippen LogP contribution is -2.18. The molecule has 66 valence electrons. The molecule has 0 bridgehead atoms. The van der Waals surface area contributed by atoms with Crippen LogP contribution in [0.15, 0.2) is 33.8 Å². The zero-order valence-corrected chi connectivity index (χ0v) is 8.58. The molecule has 0 fully saturated rings. The minimum absolute atomic E-state index is 0.0301. The molecule has 0 saturated heterocycles. The van der Waals surface area contributed by atoms with Crippen molar-refractivity contribution in [1.82, 2.24) is 9.55 Å². The predicted molar refractivity (Wildman–Crippen MR) is 54.7 cm³/mol. The molecule has 0 spiro atoms. The molecule has 1 aromatic carbocycles. The Kier molecular flexibility index (Phi) is 1.92. The average Bonchev–Trinajstić information content (AvgIpc) is 2.15. The Morgan fingerprint density at radius 3 is 2.85 bits per heavy atom. The van der Waals surface area contributed by atoms with E-state index in [0.29, 0.717) is 10.1 Å². The SMILES string of the molecule is Cn1c(Br)nc2ccccc2c1=O. The van der Waals surface area contributed by atoms with Crippen molar-refractivity contribution in [2.75, 3.05) is 0 Å². The quantitative estimate of drug-likeness (QED) is 0.656. The van der Waals surface area contributed by atoms with Gasteiger partial charge in [0.15, 0.2) is 4.73 Å². The molecule has 3 nitrogen and oxygen atoms in total. The van der Waals surface area contributed by atoms with Gasteiger partial charge < -0.3 is 0 Å². The highest BCUT2D eigenvalue weighted by Gasteiger charge is 2.03. The van der Waals surface area contributed by atoms with Gasteiger partial charge in [-0.15, -0.1) is 0 Å². The van der Waals surface area contributed by atoms with Crippen molar-refractivity contribution in [2.45, 2.75) is 0 Å². The maximum Gasteiger partial charge on any atom is 0.261 e. The fraction of sp³-hybridized carbons (Fsp3) is 0.111. The first kappa shape index (κ1) is 8.44. The van der Waals surface area contributed by atoms with Crippen LogP contribution in [0.1, 0.15) is 0 Å². The molecule has 0 radical (unpaired) electrons. The summed E-state index contributed by atoms with van der Waals surface area (Å²) >= 11 is 3.22. The van der Waals surface area contributed by atoms with Gasteiger partial charge in [-0.2, -0.15) is 0 Å². The van der Waals surface area contributed by atoms with Crippen LogP contribution in [0.5, 0.6) is 0 Å². The minimum Gasteiger partial charge on any atom is -0.290 e. The highest BCUT2D eigenvalue weighted by Crippen LogP contribution is 2.10. The van der Waals surface area contributed by atoms with Crippen LogP contribution in [0, 0.1) is 0 Å². The number of fused-ring (bicyclic) bond motifs is 1. The average molecular weight is 239 g/mol. The molecule has 2 rings (SSSR count). The zero-order valence-electron chi connectivity index (χ0n) is 6.99. The van der Waals surface area contributed by atoms with Crippen molar-refractivity contribution >= 4 is 26.8 Å². The summed E-state index contributed by atoms with van der Waals surface area (Å²) in [6.45, 7) is 0. The number of hydrogen-bond acceptors (Lipinski definition) is 2. The lowest BCUT2D eigenvalue weighted by molar-refractivity contribution is 0.811. The van der Waals surface area contributed by atoms with Crippen molar-refractivity contribution in [3.05, 3.63) is 39.4 Å². The molecule has 0 N–H and O–H groups in total. The number of halogens is 1. The molecule has 0 aliphatic rings. The van der Waals surface area contributed by atoms with E-state index >= 15 is 0 Å². The number of hydrogen-bond donors (Lipinski definition) is 0. The molecule has 1 aromatic heterocycles. The number of nitrogens with zero attached hydrogens (tertiary/aromatic N) is 2. The normalized spacial score (nSPS) is 10.6. The van der Waals surface area contributed by atoms with Crippen LogP contribution in [-0.4, -0.2) is 9.55 Å². The van der Waals surface area contributed by atoms with Gasteiger partial charge in [0.05, 0.1) is 10.9 Å². The molecule has 1 heterocycles. The Labute approximate surface area is 83.2 Å². The van der Waals surface area contributed by atoms with E-state index in [2.05, 4.69) is 20.9 Å². The lowest BCUT2D eigenvalue weighted by atomic mass is 10.2. The summed E-state index contributed by atoms with van der Waals surface area (Å²) in [5.74, 6) is 0. The van der Waals surface area contributed by atoms with Crippen LogP contribution >= 0.6 is 15.9 Å². The van der Waals surface area contributed by atoms with E-state index < -0.39 is 0 Å². The standard InChI is InChI=1S/C9H7BrN2O/c1-12-8(13)6-4-2-3-5-7(6)11-9(12)10/h2-5H,1H3. The van der Waals surface area contributed by atoms with Crippen LogP contribution in [0.3, 0.4) is 0 Å². The molecule has 0 atom stereocenters. The molecule has 4 heteroatoms. The van der Waals surface area contributed by atoms with Crippen molar-refractivity contribution in [3.8, 4) is 0 Å².